The van der Waals surface area contributed by atoms with Crippen molar-refractivity contribution in [2.45, 2.75) is 32.2 Å². The number of imidazole rings is 1. The average Bonchev–Trinajstić information content (AvgIpc) is 2.79. The van der Waals surface area contributed by atoms with Gasteiger partial charge in [0.1, 0.15) is 0 Å². The molecule has 2 rings (SSSR count). The molecule has 0 amide bonds. The van der Waals surface area contributed by atoms with Gasteiger partial charge in [-0.15, -0.1) is 0 Å². The predicted molar refractivity (Wildman–Crippen MR) is 73.4 cm³/mol. The molecule has 7 nitrogen and oxygen atoms in total. The lowest BCUT2D eigenvalue weighted by molar-refractivity contribution is -0.388. The van der Waals surface area contributed by atoms with E-state index in [2.05, 4.69) is 10.3 Å². The summed E-state index contributed by atoms with van der Waals surface area (Å²) in [5.74, 6) is 0.542. The van der Waals surface area contributed by atoms with E-state index in [1.54, 1.807) is 11.6 Å². The Bertz CT molecular complexity index is 439. The van der Waals surface area contributed by atoms with Crippen molar-refractivity contribution in [2.24, 2.45) is 7.05 Å². The molecule has 0 spiro atoms. The van der Waals surface area contributed by atoms with Gasteiger partial charge in [0, 0.05) is 26.2 Å². The van der Waals surface area contributed by atoms with Crippen LogP contribution in [0.3, 0.4) is 0 Å². The van der Waals surface area contributed by atoms with Gasteiger partial charge in [-0.2, -0.15) is 0 Å². The van der Waals surface area contributed by atoms with E-state index < -0.39 is 4.92 Å². The fourth-order valence-corrected chi connectivity index (χ4v) is 2.62. The van der Waals surface area contributed by atoms with Gasteiger partial charge in [-0.25, -0.2) is 0 Å². The molecule has 1 aromatic rings. The summed E-state index contributed by atoms with van der Waals surface area (Å²) >= 11 is 0. The van der Waals surface area contributed by atoms with Gasteiger partial charge in [0.05, 0.1) is 0 Å². The van der Waals surface area contributed by atoms with Crippen molar-refractivity contribution in [2.75, 3.05) is 24.5 Å². The number of hydrogen-bond acceptors (Lipinski definition) is 5. The van der Waals surface area contributed by atoms with Crippen LogP contribution in [0.5, 0.6) is 0 Å². The number of hydrogen-bond donors (Lipinski definition) is 1. The molecule has 1 aromatic heterocycles. The molecule has 1 unspecified atom stereocenters. The molecule has 7 heteroatoms. The summed E-state index contributed by atoms with van der Waals surface area (Å²) in [6.07, 6.45) is 5.07. The van der Waals surface area contributed by atoms with Crippen LogP contribution in [0.15, 0.2) is 6.33 Å². The second kappa shape index (κ2) is 6.01. The summed E-state index contributed by atoms with van der Waals surface area (Å²) in [7, 11) is 1.80. The van der Waals surface area contributed by atoms with E-state index in [0.29, 0.717) is 11.9 Å². The molecule has 0 saturated carbocycles. The van der Waals surface area contributed by atoms with Crippen LogP contribution in [-0.2, 0) is 7.05 Å². The lowest BCUT2D eigenvalue weighted by atomic mass is 10.0. The van der Waals surface area contributed by atoms with Gasteiger partial charge in [-0.1, -0.05) is 6.42 Å². The number of aryl methyl sites for hydroxylation is 1. The Hall–Kier alpha value is -1.63. The second-order valence-electron chi connectivity index (χ2n) is 4.95. The fraction of sp³-hybridized carbons (Fsp3) is 0.750. The molecule has 1 atom stereocenters. The first-order valence-electron chi connectivity index (χ1n) is 6.77. The molecule has 0 radical (unpaired) electrons. The fourth-order valence-electron chi connectivity index (χ4n) is 2.62. The second-order valence-corrected chi connectivity index (χ2v) is 4.95. The third kappa shape index (κ3) is 3.04. The van der Waals surface area contributed by atoms with E-state index in [-0.39, 0.29) is 5.82 Å². The molecule has 19 heavy (non-hydrogen) atoms. The molecule has 1 aliphatic rings. The maximum Gasteiger partial charge on any atom is 0.406 e. The number of nitrogens with zero attached hydrogens (tertiary/aromatic N) is 4. The van der Waals surface area contributed by atoms with E-state index in [1.807, 2.05) is 11.8 Å². The molecule has 106 valence electrons. The van der Waals surface area contributed by atoms with Crippen LogP contribution >= 0.6 is 0 Å². The molecule has 1 aliphatic heterocycles. The highest BCUT2D eigenvalue weighted by Crippen LogP contribution is 2.26. The zero-order chi connectivity index (χ0) is 13.8. The highest BCUT2D eigenvalue weighted by atomic mass is 16.6. The minimum Gasteiger partial charge on any atom is -0.358 e. The average molecular weight is 267 g/mol. The molecule has 1 saturated heterocycles. The number of likely N-dealkylation sites (N-methyl/N-ethyl adjacent to an activating group) is 1. The maximum atomic E-state index is 11.0. The van der Waals surface area contributed by atoms with E-state index in [9.17, 15) is 10.1 Å². The van der Waals surface area contributed by atoms with Crippen molar-refractivity contribution in [3.8, 4) is 0 Å². The van der Waals surface area contributed by atoms with E-state index in [4.69, 9.17) is 0 Å². The van der Waals surface area contributed by atoms with Gasteiger partial charge in [0.25, 0.3) is 0 Å². The first kappa shape index (κ1) is 13.8. The number of aromatic nitrogens is 2. The van der Waals surface area contributed by atoms with Crippen LogP contribution in [0.4, 0.5) is 11.6 Å². The summed E-state index contributed by atoms with van der Waals surface area (Å²) in [4.78, 5) is 16.5. The van der Waals surface area contributed by atoms with Crippen molar-refractivity contribution in [3.05, 3.63) is 16.4 Å². The zero-order valence-electron chi connectivity index (χ0n) is 11.5. The summed E-state index contributed by atoms with van der Waals surface area (Å²) in [6.45, 7) is 4.57. The summed E-state index contributed by atoms with van der Waals surface area (Å²) in [6, 6.07) is 0.406. The standard InChI is InChI=1S/C12H21N5O2/c1-3-16(8-10-6-4-5-7-13-10)12-11(17(18)19)14-9-15(12)2/h9-10,13H,3-8H2,1-2H3. The first-order valence-corrected chi connectivity index (χ1v) is 6.77. The van der Waals surface area contributed by atoms with Crippen LogP contribution in [0.25, 0.3) is 0 Å². The molecular formula is C12H21N5O2. The normalized spacial score (nSPS) is 19.4. The Morgan fingerprint density at radius 2 is 2.42 bits per heavy atom. The van der Waals surface area contributed by atoms with Crippen molar-refractivity contribution >= 4 is 11.6 Å². The van der Waals surface area contributed by atoms with Gasteiger partial charge in [-0.05, 0) is 36.2 Å². The van der Waals surface area contributed by atoms with E-state index in [1.165, 1.54) is 19.2 Å². The monoisotopic (exact) mass is 267 g/mol. The number of nitrogens with one attached hydrogen (secondary N) is 1. The van der Waals surface area contributed by atoms with E-state index >= 15 is 0 Å². The molecular weight excluding hydrogens is 246 g/mol. The molecule has 0 bridgehead atoms. The van der Waals surface area contributed by atoms with E-state index in [0.717, 1.165) is 26.1 Å². The SMILES string of the molecule is CCN(CC1CCCCN1)c1c([N+](=O)[O-])ncn1C. The summed E-state index contributed by atoms with van der Waals surface area (Å²) in [5.41, 5.74) is 0. The summed E-state index contributed by atoms with van der Waals surface area (Å²) < 4.78 is 1.73. The Balaban J connectivity index is 2.16. The van der Waals surface area contributed by atoms with Crippen molar-refractivity contribution in [3.63, 3.8) is 0 Å². The molecule has 1 N–H and O–H groups in total. The maximum absolute atomic E-state index is 11.0. The van der Waals surface area contributed by atoms with Gasteiger partial charge in [0.15, 0.2) is 0 Å². The third-order valence-electron chi connectivity index (χ3n) is 3.59. The topological polar surface area (TPSA) is 76.2 Å². The van der Waals surface area contributed by atoms with Crippen molar-refractivity contribution < 1.29 is 4.92 Å². The van der Waals surface area contributed by atoms with Crippen LogP contribution < -0.4 is 10.2 Å². The lowest BCUT2D eigenvalue weighted by Crippen LogP contribution is -2.44. The van der Waals surface area contributed by atoms with Crippen molar-refractivity contribution in [1.82, 2.24) is 14.9 Å². The highest BCUT2D eigenvalue weighted by Gasteiger charge is 2.26. The predicted octanol–water partition coefficient (Wildman–Crippen LogP) is 1.30. The van der Waals surface area contributed by atoms with Crippen molar-refractivity contribution in [1.29, 1.82) is 0 Å². The van der Waals surface area contributed by atoms with Gasteiger partial charge >= 0.3 is 5.82 Å². The Morgan fingerprint density at radius 1 is 1.63 bits per heavy atom. The number of anilines is 1. The van der Waals surface area contributed by atoms with Crippen LogP contribution in [0.1, 0.15) is 26.2 Å². The molecule has 1 fully saturated rings. The smallest absolute Gasteiger partial charge is 0.358 e. The van der Waals surface area contributed by atoms with Crippen LogP contribution in [0.2, 0.25) is 0 Å². The van der Waals surface area contributed by atoms with Gasteiger partial charge in [-0.3, -0.25) is 4.57 Å². The Labute approximate surface area is 112 Å². The Kier molecular flexibility index (Phi) is 4.36. The highest BCUT2D eigenvalue weighted by molar-refractivity contribution is 5.54. The number of piperidine rings is 1. The summed E-state index contributed by atoms with van der Waals surface area (Å²) in [5, 5.41) is 14.5. The zero-order valence-corrected chi connectivity index (χ0v) is 11.5. The molecule has 0 aliphatic carbocycles. The van der Waals surface area contributed by atoms with Gasteiger partial charge in [0.2, 0.25) is 12.1 Å². The molecule has 0 aromatic carbocycles. The number of rotatable bonds is 5. The quantitative estimate of drug-likeness (QED) is 0.642. The molecule has 2 heterocycles. The lowest BCUT2D eigenvalue weighted by Gasteiger charge is -2.30. The van der Waals surface area contributed by atoms with Crippen LogP contribution in [-0.4, -0.2) is 40.2 Å². The minimum absolute atomic E-state index is 0.0554. The number of nitro groups is 1. The third-order valence-corrected chi connectivity index (χ3v) is 3.59. The largest absolute Gasteiger partial charge is 0.406 e. The Morgan fingerprint density at radius 3 is 3.00 bits per heavy atom. The van der Waals surface area contributed by atoms with Crippen LogP contribution in [0, 0.1) is 10.1 Å². The minimum atomic E-state index is -0.410. The first-order chi connectivity index (χ1) is 9.13. The van der Waals surface area contributed by atoms with Gasteiger partial charge < -0.3 is 20.3 Å².